The number of esters is 1. The molecule has 1 aliphatic rings. The average molecular weight is 809 g/mol. The van der Waals surface area contributed by atoms with Crippen molar-refractivity contribution in [3.05, 3.63) is 148 Å². The van der Waals surface area contributed by atoms with Gasteiger partial charge in [-0.3, -0.25) is 19.5 Å². The quantitative estimate of drug-likeness (QED) is 0.0722. The normalized spacial score (nSPS) is 13.9. The van der Waals surface area contributed by atoms with Crippen LogP contribution in [0.5, 0.6) is 11.5 Å². The number of nitro groups is 1. The van der Waals surface area contributed by atoms with Crippen molar-refractivity contribution in [3.63, 3.8) is 0 Å². The number of nitrogens with zero attached hydrogens (tertiary/aromatic N) is 6. The van der Waals surface area contributed by atoms with Gasteiger partial charge in [0.05, 0.1) is 47.6 Å². The van der Waals surface area contributed by atoms with Crippen LogP contribution in [0.4, 0.5) is 5.69 Å². The summed E-state index contributed by atoms with van der Waals surface area (Å²) in [5.41, 5.74) is 2.25. The van der Waals surface area contributed by atoms with Crippen LogP contribution in [0.15, 0.2) is 116 Å². The maximum absolute atomic E-state index is 14.7. The second-order valence-corrected chi connectivity index (χ2v) is 14.6. The Morgan fingerprint density at radius 1 is 0.964 bits per heavy atom. The van der Waals surface area contributed by atoms with Crippen molar-refractivity contribution in [1.82, 2.24) is 19.3 Å². The van der Waals surface area contributed by atoms with E-state index in [2.05, 4.69) is 10.2 Å². The second kappa shape index (κ2) is 16.4. The van der Waals surface area contributed by atoms with Gasteiger partial charge in [-0.05, 0) is 73.1 Å². The summed E-state index contributed by atoms with van der Waals surface area (Å²) in [6, 6.07) is 25.1. The van der Waals surface area contributed by atoms with Crippen molar-refractivity contribution >= 4 is 58.1 Å². The van der Waals surface area contributed by atoms with Crippen molar-refractivity contribution in [2.75, 3.05) is 20.8 Å². The van der Waals surface area contributed by atoms with Crippen LogP contribution in [0.1, 0.15) is 36.6 Å². The lowest BCUT2D eigenvalue weighted by Crippen LogP contribution is -2.40. The van der Waals surface area contributed by atoms with Crippen LogP contribution < -0.4 is 24.4 Å². The van der Waals surface area contributed by atoms with Gasteiger partial charge in [0.1, 0.15) is 0 Å². The number of aromatic nitrogens is 4. The summed E-state index contributed by atoms with van der Waals surface area (Å²) in [6.45, 7) is 4.28. The summed E-state index contributed by atoms with van der Waals surface area (Å²) in [4.78, 5) is 46.0. The Kier molecular flexibility index (Phi) is 11.2. The molecule has 0 bridgehead atoms. The third-order valence-corrected chi connectivity index (χ3v) is 11.2. The van der Waals surface area contributed by atoms with Crippen LogP contribution in [0, 0.1) is 10.1 Å². The Morgan fingerprint density at radius 3 is 2.43 bits per heavy atom. The first-order valence-electron chi connectivity index (χ1n) is 17.3. The number of thiazole rings is 1. The monoisotopic (exact) mass is 808 g/mol. The minimum absolute atomic E-state index is 0.0904. The Bertz CT molecular complexity index is 2710. The maximum Gasteiger partial charge on any atom is 0.338 e. The van der Waals surface area contributed by atoms with Crippen molar-refractivity contribution in [2.45, 2.75) is 36.5 Å². The van der Waals surface area contributed by atoms with Gasteiger partial charge in [0.15, 0.2) is 27.3 Å². The number of halogens is 1. The smallest absolute Gasteiger partial charge is 0.338 e. The first-order valence-corrected chi connectivity index (χ1v) is 19.3. The molecule has 0 unspecified atom stereocenters. The predicted molar refractivity (Wildman–Crippen MR) is 214 cm³/mol. The van der Waals surface area contributed by atoms with Crippen molar-refractivity contribution < 1.29 is 23.9 Å². The van der Waals surface area contributed by atoms with Crippen LogP contribution in [0.25, 0.3) is 23.2 Å². The zero-order chi connectivity index (χ0) is 39.5. The number of benzene rings is 4. The number of carbonyl (C=O) groups is 1. The first-order chi connectivity index (χ1) is 27.1. The molecule has 284 valence electrons. The molecule has 1 aliphatic heterocycles. The molecule has 3 heterocycles. The third-order valence-electron chi connectivity index (χ3n) is 8.90. The lowest BCUT2D eigenvalue weighted by molar-refractivity contribution is -0.384. The number of fused-ring (bicyclic) bond motifs is 1. The van der Waals surface area contributed by atoms with Gasteiger partial charge in [-0.2, -0.15) is 0 Å². The molecule has 0 saturated carbocycles. The second-order valence-electron chi connectivity index (χ2n) is 12.2. The van der Waals surface area contributed by atoms with Gasteiger partial charge >= 0.3 is 5.97 Å². The van der Waals surface area contributed by atoms with Gasteiger partial charge in [-0.25, -0.2) is 9.79 Å². The van der Waals surface area contributed by atoms with Crippen LogP contribution in [-0.4, -0.2) is 51.1 Å². The molecule has 2 aromatic heterocycles. The van der Waals surface area contributed by atoms with E-state index >= 15 is 0 Å². The molecule has 0 aliphatic carbocycles. The van der Waals surface area contributed by atoms with E-state index in [4.69, 9.17) is 30.8 Å². The summed E-state index contributed by atoms with van der Waals surface area (Å²) in [6.07, 6.45) is 1.60. The van der Waals surface area contributed by atoms with Gasteiger partial charge in [-0.15, -0.1) is 10.2 Å². The van der Waals surface area contributed by atoms with E-state index in [1.54, 1.807) is 49.4 Å². The maximum atomic E-state index is 14.7. The number of hydrogen-bond acceptors (Lipinski definition) is 12. The van der Waals surface area contributed by atoms with Crippen LogP contribution >= 0.6 is 34.7 Å². The fraction of sp³-hybridized carbons (Fsp3) is 0.175. The molecule has 6 aromatic rings. The minimum atomic E-state index is -0.991. The standard InChI is InChI=1S/C40H33ClN6O7S2/c1-5-45-36(25-13-10-14-27(41)19-25)43-44-40(45)55-31-18-16-28(47(50)51)20-26(31)22-32-37(48)46-35(24-15-17-29(52-3)30(21-24)53-4)33(38(49)54-6-2)34(42-39(46)56-32)23-11-8-7-9-12-23/h7-22,35H,5-6H2,1-4H3/b32-22+/t35-/m1/s1. The van der Waals surface area contributed by atoms with Gasteiger partial charge in [0.25, 0.3) is 11.2 Å². The molecule has 0 radical (unpaired) electrons. The molecule has 0 spiro atoms. The molecule has 0 saturated heterocycles. The lowest BCUT2D eigenvalue weighted by atomic mass is 9.93. The van der Waals surface area contributed by atoms with E-state index in [9.17, 15) is 19.7 Å². The number of non-ortho nitro benzene ring substituents is 1. The molecule has 4 aromatic carbocycles. The van der Waals surface area contributed by atoms with Crippen LogP contribution in [0.3, 0.4) is 0 Å². The Hall–Kier alpha value is -6.03. The molecule has 1 atom stereocenters. The number of ether oxygens (including phenoxy) is 3. The van der Waals surface area contributed by atoms with Gasteiger partial charge in [0.2, 0.25) is 0 Å². The molecule has 16 heteroatoms. The first kappa shape index (κ1) is 38.3. The molecule has 0 N–H and O–H groups in total. The highest BCUT2D eigenvalue weighted by atomic mass is 35.5. The van der Waals surface area contributed by atoms with E-state index in [1.165, 1.54) is 42.7 Å². The molecule has 0 amide bonds. The minimum Gasteiger partial charge on any atom is -0.493 e. The summed E-state index contributed by atoms with van der Waals surface area (Å²) in [7, 11) is 3.02. The van der Waals surface area contributed by atoms with Gasteiger partial charge < -0.3 is 18.8 Å². The van der Waals surface area contributed by atoms with Crippen LogP contribution in [0.2, 0.25) is 5.02 Å². The number of methoxy groups -OCH3 is 2. The van der Waals surface area contributed by atoms with E-state index < -0.39 is 22.5 Å². The molecule has 13 nitrogen and oxygen atoms in total. The zero-order valence-corrected chi connectivity index (χ0v) is 32.9. The summed E-state index contributed by atoms with van der Waals surface area (Å²) >= 11 is 8.63. The molecular formula is C40H33ClN6O7S2. The average Bonchev–Trinajstić information content (AvgIpc) is 3.76. The SMILES string of the molecule is CCOC(=O)C1=C(c2ccccc2)N=c2s/c(=C/c3cc([N+](=O)[O-])ccc3Sc3nnc(-c4cccc(Cl)c4)n3CC)c(=O)n2[C@@H]1c1ccc(OC)c(OC)c1. The Balaban J connectivity index is 1.44. The predicted octanol–water partition coefficient (Wildman–Crippen LogP) is 6.94. The van der Waals surface area contributed by atoms with Gasteiger partial charge in [0, 0.05) is 39.7 Å². The fourth-order valence-corrected chi connectivity index (χ4v) is 8.52. The van der Waals surface area contributed by atoms with Crippen molar-refractivity contribution in [2.24, 2.45) is 4.99 Å². The molecular weight excluding hydrogens is 776 g/mol. The largest absolute Gasteiger partial charge is 0.493 e. The molecule has 56 heavy (non-hydrogen) atoms. The van der Waals surface area contributed by atoms with Crippen molar-refractivity contribution in [1.29, 1.82) is 0 Å². The van der Waals surface area contributed by atoms with E-state index in [0.717, 1.165) is 16.9 Å². The molecule has 7 rings (SSSR count). The van der Waals surface area contributed by atoms with Crippen molar-refractivity contribution in [3.8, 4) is 22.9 Å². The topological polar surface area (TPSA) is 153 Å². The highest BCUT2D eigenvalue weighted by molar-refractivity contribution is 7.99. The number of nitro benzene ring substituents is 1. The number of carbonyl (C=O) groups excluding carboxylic acids is 1. The zero-order valence-electron chi connectivity index (χ0n) is 30.5. The fourth-order valence-electron chi connectivity index (χ4n) is 6.36. The highest BCUT2D eigenvalue weighted by Gasteiger charge is 2.36. The molecule has 0 fully saturated rings. The lowest BCUT2D eigenvalue weighted by Gasteiger charge is -2.26. The summed E-state index contributed by atoms with van der Waals surface area (Å²) in [5.74, 6) is 0.822. The van der Waals surface area contributed by atoms with E-state index in [0.29, 0.717) is 66.1 Å². The Morgan fingerprint density at radius 2 is 1.73 bits per heavy atom. The highest BCUT2D eigenvalue weighted by Crippen LogP contribution is 2.39. The summed E-state index contributed by atoms with van der Waals surface area (Å²) in [5, 5.41) is 22.0. The van der Waals surface area contributed by atoms with Crippen LogP contribution in [-0.2, 0) is 16.1 Å². The number of hydrogen-bond donors (Lipinski definition) is 0. The van der Waals surface area contributed by atoms with Gasteiger partial charge in [-0.1, -0.05) is 71.5 Å². The Labute approximate surface area is 333 Å². The third kappa shape index (κ3) is 7.35. The summed E-state index contributed by atoms with van der Waals surface area (Å²) < 4.78 is 20.3. The van der Waals surface area contributed by atoms with E-state index in [-0.39, 0.29) is 22.4 Å². The number of rotatable bonds is 12. The van der Waals surface area contributed by atoms with E-state index in [1.807, 2.05) is 54.0 Å².